The van der Waals surface area contributed by atoms with Crippen LogP contribution in [0, 0.1) is 6.92 Å². The van der Waals surface area contributed by atoms with Crippen molar-refractivity contribution in [3.05, 3.63) is 35.7 Å². The molecule has 22 heavy (non-hydrogen) atoms. The molecule has 6 nitrogen and oxygen atoms in total. The molecule has 0 atom stereocenters. The second-order valence-corrected chi connectivity index (χ2v) is 5.55. The van der Waals surface area contributed by atoms with Crippen molar-refractivity contribution in [2.45, 2.75) is 25.6 Å². The van der Waals surface area contributed by atoms with Crippen LogP contribution in [0.25, 0.3) is 0 Å². The van der Waals surface area contributed by atoms with Gasteiger partial charge >= 0.3 is 5.97 Å². The SMILES string of the molecule is CCOC(=O)CSc1nnc(COc2ccccc2C)n1C. The smallest absolute Gasteiger partial charge is 0.316 e. The standard InChI is InChI=1S/C15H19N3O3S/c1-4-20-14(19)10-22-15-17-16-13(18(15)3)9-21-12-8-6-5-7-11(12)2/h5-8H,4,9-10H2,1-3H3. The number of carbonyl (C=O) groups is 1. The zero-order chi connectivity index (χ0) is 15.9. The van der Waals surface area contributed by atoms with E-state index in [0.29, 0.717) is 24.2 Å². The Morgan fingerprint density at radius 3 is 2.82 bits per heavy atom. The molecule has 0 saturated carbocycles. The lowest BCUT2D eigenvalue weighted by Gasteiger charge is -2.08. The lowest BCUT2D eigenvalue weighted by molar-refractivity contribution is -0.139. The van der Waals surface area contributed by atoms with E-state index >= 15 is 0 Å². The first-order chi connectivity index (χ1) is 10.6. The summed E-state index contributed by atoms with van der Waals surface area (Å²) in [7, 11) is 1.85. The van der Waals surface area contributed by atoms with Gasteiger partial charge in [0, 0.05) is 7.05 Å². The Hall–Kier alpha value is -2.02. The van der Waals surface area contributed by atoms with Gasteiger partial charge in [0.25, 0.3) is 0 Å². The van der Waals surface area contributed by atoms with Crippen LogP contribution in [0.5, 0.6) is 5.75 Å². The van der Waals surface area contributed by atoms with Crippen molar-refractivity contribution in [2.24, 2.45) is 7.05 Å². The number of para-hydroxylation sites is 1. The fourth-order valence-electron chi connectivity index (χ4n) is 1.78. The van der Waals surface area contributed by atoms with Crippen molar-refractivity contribution in [3.8, 4) is 5.75 Å². The molecule has 2 aromatic rings. The molecule has 0 aliphatic rings. The number of benzene rings is 1. The first-order valence-electron chi connectivity index (χ1n) is 6.97. The van der Waals surface area contributed by atoms with E-state index in [2.05, 4.69) is 10.2 Å². The topological polar surface area (TPSA) is 66.2 Å². The molecule has 0 fully saturated rings. The molecule has 0 spiro atoms. The molecule has 0 aliphatic carbocycles. The van der Waals surface area contributed by atoms with Crippen molar-refractivity contribution in [1.82, 2.24) is 14.8 Å². The molecule has 118 valence electrons. The van der Waals surface area contributed by atoms with E-state index in [0.717, 1.165) is 11.3 Å². The number of ether oxygens (including phenoxy) is 2. The van der Waals surface area contributed by atoms with Crippen LogP contribution in [0.2, 0.25) is 0 Å². The predicted octanol–water partition coefficient (Wildman–Crippen LogP) is 2.36. The highest BCUT2D eigenvalue weighted by Crippen LogP contribution is 2.19. The Morgan fingerprint density at radius 2 is 2.09 bits per heavy atom. The number of aryl methyl sites for hydroxylation is 1. The summed E-state index contributed by atoms with van der Waals surface area (Å²) in [6.07, 6.45) is 0. The summed E-state index contributed by atoms with van der Waals surface area (Å²) in [5.41, 5.74) is 1.07. The lowest BCUT2D eigenvalue weighted by Crippen LogP contribution is -2.08. The summed E-state index contributed by atoms with van der Waals surface area (Å²) in [6, 6.07) is 7.81. The molecule has 7 heteroatoms. The largest absolute Gasteiger partial charge is 0.485 e. The van der Waals surface area contributed by atoms with E-state index in [9.17, 15) is 4.79 Å². The molecule has 0 unspecified atom stereocenters. The van der Waals surface area contributed by atoms with Crippen LogP contribution in [0.3, 0.4) is 0 Å². The van der Waals surface area contributed by atoms with E-state index in [1.165, 1.54) is 11.8 Å². The highest BCUT2D eigenvalue weighted by atomic mass is 32.2. The van der Waals surface area contributed by atoms with Crippen LogP contribution in [-0.2, 0) is 23.2 Å². The second-order valence-electron chi connectivity index (χ2n) is 4.61. The van der Waals surface area contributed by atoms with Gasteiger partial charge in [0.1, 0.15) is 12.4 Å². The van der Waals surface area contributed by atoms with Gasteiger partial charge in [-0.05, 0) is 25.5 Å². The van der Waals surface area contributed by atoms with Crippen molar-refractivity contribution < 1.29 is 14.3 Å². The van der Waals surface area contributed by atoms with Gasteiger partial charge in [-0.1, -0.05) is 30.0 Å². The summed E-state index contributed by atoms with van der Waals surface area (Å²) in [5.74, 6) is 1.49. The van der Waals surface area contributed by atoms with Crippen LogP contribution in [-0.4, -0.2) is 33.1 Å². The third kappa shape index (κ3) is 4.24. The van der Waals surface area contributed by atoms with E-state index in [4.69, 9.17) is 9.47 Å². The van der Waals surface area contributed by atoms with E-state index in [1.807, 2.05) is 42.8 Å². The maximum atomic E-state index is 11.4. The Kier molecular flexibility index (Phi) is 5.83. The quantitative estimate of drug-likeness (QED) is 0.576. The number of esters is 1. The average molecular weight is 321 g/mol. The minimum atomic E-state index is -0.256. The molecule has 0 saturated heterocycles. The van der Waals surface area contributed by atoms with Gasteiger partial charge in [-0.25, -0.2) is 0 Å². The van der Waals surface area contributed by atoms with Crippen LogP contribution >= 0.6 is 11.8 Å². The molecule has 1 aromatic heterocycles. The Bertz CT molecular complexity index is 643. The number of rotatable bonds is 7. The summed E-state index contributed by atoms with van der Waals surface area (Å²) in [5, 5.41) is 8.83. The first kappa shape index (κ1) is 16.4. The molecule has 0 N–H and O–H groups in total. The molecular weight excluding hydrogens is 302 g/mol. The lowest BCUT2D eigenvalue weighted by atomic mass is 10.2. The summed E-state index contributed by atoms with van der Waals surface area (Å²) < 4.78 is 12.5. The molecule has 0 amide bonds. The average Bonchev–Trinajstić information content (AvgIpc) is 2.85. The maximum Gasteiger partial charge on any atom is 0.316 e. The van der Waals surface area contributed by atoms with Crippen LogP contribution < -0.4 is 4.74 Å². The fourth-order valence-corrected chi connectivity index (χ4v) is 2.51. The maximum absolute atomic E-state index is 11.4. The Morgan fingerprint density at radius 1 is 1.32 bits per heavy atom. The van der Waals surface area contributed by atoms with Crippen molar-refractivity contribution in [2.75, 3.05) is 12.4 Å². The number of hydrogen-bond donors (Lipinski definition) is 0. The molecule has 1 aromatic carbocycles. The van der Waals surface area contributed by atoms with Crippen LogP contribution in [0.1, 0.15) is 18.3 Å². The minimum absolute atomic E-state index is 0.221. The highest BCUT2D eigenvalue weighted by molar-refractivity contribution is 7.99. The highest BCUT2D eigenvalue weighted by Gasteiger charge is 2.12. The van der Waals surface area contributed by atoms with Gasteiger partial charge in [-0.15, -0.1) is 10.2 Å². The molecule has 1 heterocycles. The summed E-state index contributed by atoms with van der Waals surface area (Å²) in [6.45, 7) is 4.49. The molecule has 0 bridgehead atoms. The zero-order valence-electron chi connectivity index (χ0n) is 12.9. The van der Waals surface area contributed by atoms with Crippen molar-refractivity contribution >= 4 is 17.7 Å². The number of carbonyl (C=O) groups excluding carboxylic acids is 1. The Labute approximate surface area is 133 Å². The summed E-state index contributed by atoms with van der Waals surface area (Å²) >= 11 is 1.30. The summed E-state index contributed by atoms with van der Waals surface area (Å²) in [4.78, 5) is 11.4. The number of nitrogens with zero attached hydrogens (tertiary/aromatic N) is 3. The third-order valence-corrected chi connectivity index (χ3v) is 3.99. The van der Waals surface area contributed by atoms with Gasteiger partial charge in [0.05, 0.1) is 12.4 Å². The molecular formula is C15H19N3O3S. The second kappa shape index (κ2) is 7.84. The minimum Gasteiger partial charge on any atom is -0.485 e. The van der Waals surface area contributed by atoms with Crippen LogP contribution in [0.15, 0.2) is 29.4 Å². The Balaban J connectivity index is 1.93. The fraction of sp³-hybridized carbons (Fsp3) is 0.400. The van der Waals surface area contributed by atoms with Gasteiger partial charge in [-0.2, -0.15) is 0 Å². The van der Waals surface area contributed by atoms with Gasteiger partial charge in [0.2, 0.25) is 0 Å². The molecule has 2 rings (SSSR count). The number of thioether (sulfide) groups is 1. The number of hydrogen-bond acceptors (Lipinski definition) is 6. The number of aromatic nitrogens is 3. The van der Waals surface area contributed by atoms with Gasteiger partial charge in [0.15, 0.2) is 11.0 Å². The zero-order valence-corrected chi connectivity index (χ0v) is 13.7. The van der Waals surface area contributed by atoms with Crippen molar-refractivity contribution in [1.29, 1.82) is 0 Å². The van der Waals surface area contributed by atoms with Gasteiger partial charge in [-0.3, -0.25) is 4.79 Å². The molecule has 0 radical (unpaired) electrons. The predicted molar refractivity (Wildman–Crippen MR) is 83.9 cm³/mol. The third-order valence-electron chi connectivity index (χ3n) is 3.00. The van der Waals surface area contributed by atoms with E-state index in [-0.39, 0.29) is 11.7 Å². The monoisotopic (exact) mass is 321 g/mol. The van der Waals surface area contributed by atoms with E-state index < -0.39 is 0 Å². The van der Waals surface area contributed by atoms with E-state index in [1.54, 1.807) is 6.92 Å². The normalized spacial score (nSPS) is 10.5. The van der Waals surface area contributed by atoms with Gasteiger partial charge < -0.3 is 14.0 Å². The van der Waals surface area contributed by atoms with Crippen LogP contribution in [0.4, 0.5) is 0 Å². The van der Waals surface area contributed by atoms with Crippen molar-refractivity contribution in [3.63, 3.8) is 0 Å². The first-order valence-corrected chi connectivity index (χ1v) is 7.95. The molecule has 0 aliphatic heterocycles.